The van der Waals surface area contributed by atoms with Crippen molar-refractivity contribution in [2.45, 2.75) is 44.1 Å². The summed E-state index contributed by atoms with van der Waals surface area (Å²) < 4.78 is 0. The van der Waals surface area contributed by atoms with Crippen molar-refractivity contribution in [2.75, 3.05) is 6.54 Å². The molecule has 3 aliphatic carbocycles. The highest BCUT2D eigenvalue weighted by Crippen LogP contribution is 2.54. The maximum Gasteiger partial charge on any atom is 0.0562 e. The molecule has 5 rings (SSSR count). The first-order chi connectivity index (χ1) is 7.88. The second kappa shape index (κ2) is 3.33. The van der Waals surface area contributed by atoms with Gasteiger partial charge in [-0.1, -0.05) is 12.8 Å². The van der Waals surface area contributed by atoms with E-state index in [0.717, 1.165) is 11.8 Å². The van der Waals surface area contributed by atoms with Crippen molar-refractivity contribution >= 4 is 11.3 Å². The van der Waals surface area contributed by atoms with Gasteiger partial charge in [-0.2, -0.15) is 0 Å². The van der Waals surface area contributed by atoms with E-state index in [0.29, 0.717) is 5.54 Å². The van der Waals surface area contributed by atoms with E-state index in [-0.39, 0.29) is 0 Å². The maximum atomic E-state index is 3.92. The van der Waals surface area contributed by atoms with Gasteiger partial charge in [0.1, 0.15) is 0 Å². The zero-order chi connectivity index (χ0) is 10.6. The molecular weight excluding hydrogens is 214 g/mol. The van der Waals surface area contributed by atoms with E-state index in [1.807, 2.05) is 11.3 Å². The zero-order valence-electron chi connectivity index (χ0n) is 9.67. The van der Waals surface area contributed by atoms with Crippen molar-refractivity contribution in [1.29, 1.82) is 0 Å². The molecule has 3 saturated carbocycles. The largest absolute Gasteiger partial charge is 0.306 e. The van der Waals surface area contributed by atoms with Crippen LogP contribution in [0.3, 0.4) is 0 Å². The van der Waals surface area contributed by atoms with E-state index < -0.39 is 0 Å². The molecule has 1 atom stereocenters. The lowest BCUT2D eigenvalue weighted by Gasteiger charge is -2.53. The molecule has 1 unspecified atom stereocenters. The molecular formula is C14H19NS. The van der Waals surface area contributed by atoms with Gasteiger partial charge in [-0.3, -0.25) is 0 Å². The Morgan fingerprint density at radius 3 is 2.88 bits per heavy atom. The molecule has 1 aliphatic heterocycles. The highest BCUT2D eigenvalue weighted by atomic mass is 32.1. The van der Waals surface area contributed by atoms with Gasteiger partial charge >= 0.3 is 0 Å². The van der Waals surface area contributed by atoms with E-state index in [4.69, 9.17) is 0 Å². The molecule has 1 N–H and O–H groups in total. The second-order valence-corrected chi connectivity index (χ2v) is 6.76. The molecule has 2 heterocycles. The molecule has 0 aromatic carbocycles. The Morgan fingerprint density at radius 2 is 2.12 bits per heavy atom. The molecule has 2 bridgehead atoms. The average Bonchev–Trinajstić information content (AvgIpc) is 2.80. The number of fused-ring (bicyclic) bond motifs is 3. The predicted octanol–water partition coefficient (Wildman–Crippen LogP) is 3.30. The number of rotatable bonds is 0. The Kier molecular flexibility index (Phi) is 2.01. The SMILES string of the molecule is c1cc2c(s1)C1(CC3CCC1CC3)NCC2. The van der Waals surface area contributed by atoms with E-state index in [9.17, 15) is 0 Å². The third-order valence-electron chi connectivity index (χ3n) is 5.14. The van der Waals surface area contributed by atoms with E-state index in [2.05, 4.69) is 16.8 Å². The Balaban J connectivity index is 1.83. The molecule has 0 saturated heterocycles. The van der Waals surface area contributed by atoms with Crippen molar-refractivity contribution in [2.24, 2.45) is 11.8 Å². The van der Waals surface area contributed by atoms with Crippen LogP contribution in [-0.2, 0) is 12.0 Å². The molecule has 86 valence electrons. The molecule has 16 heavy (non-hydrogen) atoms. The van der Waals surface area contributed by atoms with Crippen molar-refractivity contribution in [1.82, 2.24) is 5.32 Å². The molecule has 4 aliphatic rings. The van der Waals surface area contributed by atoms with Crippen LogP contribution >= 0.6 is 11.3 Å². The lowest BCUT2D eigenvalue weighted by atomic mass is 9.58. The van der Waals surface area contributed by atoms with Crippen LogP contribution < -0.4 is 5.32 Å². The van der Waals surface area contributed by atoms with Crippen LogP contribution in [0.2, 0.25) is 0 Å². The summed E-state index contributed by atoms with van der Waals surface area (Å²) in [5, 5.41) is 6.23. The summed E-state index contributed by atoms with van der Waals surface area (Å²) in [7, 11) is 0. The lowest BCUT2D eigenvalue weighted by molar-refractivity contribution is 0.0367. The van der Waals surface area contributed by atoms with Crippen molar-refractivity contribution < 1.29 is 0 Å². The van der Waals surface area contributed by atoms with Crippen LogP contribution in [0.5, 0.6) is 0 Å². The summed E-state index contributed by atoms with van der Waals surface area (Å²) in [5.74, 6) is 1.93. The Morgan fingerprint density at radius 1 is 1.25 bits per heavy atom. The Bertz CT molecular complexity index is 403. The van der Waals surface area contributed by atoms with Crippen molar-refractivity contribution in [3.63, 3.8) is 0 Å². The normalized spacial score (nSPS) is 41.2. The summed E-state index contributed by atoms with van der Waals surface area (Å²) >= 11 is 2.01. The fourth-order valence-electron chi connectivity index (χ4n) is 4.40. The van der Waals surface area contributed by atoms with Gasteiger partial charge in [-0.25, -0.2) is 0 Å². The van der Waals surface area contributed by atoms with Crippen LogP contribution in [0.4, 0.5) is 0 Å². The number of hydrogen-bond acceptors (Lipinski definition) is 2. The Hall–Kier alpha value is -0.340. The Labute approximate surface area is 101 Å². The summed E-state index contributed by atoms with van der Waals surface area (Å²) in [6, 6.07) is 2.37. The highest BCUT2D eigenvalue weighted by Gasteiger charge is 2.50. The van der Waals surface area contributed by atoms with Crippen molar-refractivity contribution in [3.05, 3.63) is 21.9 Å². The van der Waals surface area contributed by atoms with Gasteiger partial charge in [0.2, 0.25) is 0 Å². The quantitative estimate of drug-likeness (QED) is 0.725. The first kappa shape index (κ1) is 9.67. The van der Waals surface area contributed by atoms with Crippen molar-refractivity contribution in [3.8, 4) is 0 Å². The second-order valence-electron chi connectivity index (χ2n) is 5.84. The molecule has 2 heteroatoms. The fourth-order valence-corrected chi connectivity index (χ4v) is 5.62. The molecule has 1 aromatic heterocycles. The van der Waals surface area contributed by atoms with Crippen LogP contribution in [0.15, 0.2) is 11.4 Å². The molecule has 0 radical (unpaired) electrons. The van der Waals surface area contributed by atoms with Gasteiger partial charge in [0.25, 0.3) is 0 Å². The monoisotopic (exact) mass is 233 g/mol. The third-order valence-corrected chi connectivity index (χ3v) is 6.28. The van der Waals surface area contributed by atoms with Gasteiger partial charge in [0.15, 0.2) is 0 Å². The van der Waals surface area contributed by atoms with Crippen LogP contribution in [0.25, 0.3) is 0 Å². The van der Waals surface area contributed by atoms with Gasteiger partial charge in [0.05, 0.1) is 5.54 Å². The smallest absolute Gasteiger partial charge is 0.0562 e. The number of nitrogens with one attached hydrogen (secondary N) is 1. The molecule has 1 aromatic rings. The molecule has 3 fully saturated rings. The minimum atomic E-state index is 0.406. The summed E-state index contributed by atoms with van der Waals surface area (Å²) in [4.78, 5) is 1.70. The maximum absolute atomic E-state index is 3.92. The first-order valence-electron chi connectivity index (χ1n) is 6.70. The molecule has 1 spiro atoms. The molecule has 0 amide bonds. The van der Waals surface area contributed by atoms with E-state index >= 15 is 0 Å². The van der Waals surface area contributed by atoms with Crippen LogP contribution in [0, 0.1) is 11.8 Å². The fraction of sp³-hybridized carbons (Fsp3) is 0.714. The predicted molar refractivity (Wildman–Crippen MR) is 67.8 cm³/mol. The van der Waals surface area contributed by atoms with Gasteiger partial charge in [-0.05, 0) is 54.5 Å². The van der Waals surface area contributed by atoms with E-state index in [1.165, 1.54) is 45.1 Å². The minimum absolute atomic E-state index is 0.406. The number of thiophene rings is 1. The van der Waals surface area contributed by atoms with Crippen LogP contribution in [0.1, 0.15) is 42.5 Å². The third kappa shape index (κ3) is 1.15. The van der Waals surface area contributed by atoms with Gasteiger partial charge in [0, 0.05) is 11.4 Å². The van der Waals surface area contributed by atoms with Gasteiger partial charge < -0.3 is 5.32 Å². The lowest BCUT2D eigenvalue weighted by Crippen LogP contribution is -2.56. The zero-order valence-corrected chi connectivity index (χ0v) is 10.5. The highest BCUT2D eigenvalue weighted by molar-refractivity contribution is 7.10. The summed E-state index contributed by atoms with van der Waals surface area (Å²) in [6.45, 7) is 1.20. The minimum Gasteiger partial charge on any atom is -0.306 e. The average molecular weight is 233 g/mol. The van der Waals surface area contributed by atoms with Gasteiger partial charge in [-0.15, -0.1) is 11.3 Å². The van der Waals surface area contributed by atoms with Crippen LogP contribution in [-0.4, -0.2) is 6.54 Å². The summed E-state index contributed by atoms with van der Waals surface area (Å²) in [6.07, 6.45) is 8.59. The summed E-state index contributed by atoms with van der Waals surface area (Å²) in [5.41, 5.74) is 2.06. The van der Waals surface area contributed by atoms with E-state index in [1.54, 1.807) is 10.4 Å². The standard InChI is InChI=1S/C14H19NS/c1-3-12-4-2-10(1)9-14(12)13-11(5-7-15-14)6-8-16-13/h6,8,10,12,15H,1-5,7,9H2. The topological polar surface area (TPSA) is 12.0 Å². The first-order valence-corrected chi connectivity index (χ1v) is 7.58. The number of hydrogen-bond donors (Lipinski definition) is 1. The molecule has 1 nitrogen and oxygen atoms in total.